The molecule has 1 N–H and O–H groups in total. The summed E-state index contributed by atoms with van der Waals surface area (Å²) in [5, 5.41) is 3.20. The first-order valence-corrected chi connectivity index (χ1v) is 14.2. The zero-order valence-electron chi connectivity index (χ0n) is 21.4. The Kier molecular flexibility index (Phi) is 8.00. The van der Waals surface area contributed by atoms with Gasteiger partial charge in [-0.25, -0.2) is 31.6 Å². The second kappa shape index (κ2) is 11.5. The van der Waals surface area contributed by atoms with Crippen molar-refractivity contribution in [3.05, 3.63) is 70.6 Å². The van der Waals surface area contributed by atoms with Gasteiger partial charge in [0.2, 0.25) is 21.2 Å². The molecule has 1 aliphatic rings. The minimum Gasteiger partial charge on any atom is -0.490 e. The van der Waals surface area contributed by atoms with Gasteiger partial charge in [-0.2, -0.15) is 0 Å². The maximum absolute atomic E-state index is 14.2. The van der Waals surface area contributed by atoms with Crippen LogP contribution >= 0.6 is 11.6 Å². The molecule has 1 amide bonds. The molecule has 0 saturated heterocycles. The Labute approximate surface area is 237 Å². The Hall–Kier alpha value is -3.97. The molecular formula is C27H22ClF3N4O5S. The second-order valence-corrected chi connectivity index (χ2v) is 11.5. The van der Waals surface area contributed by atoms with Gasteiger partial charge in [-0.1, -0.05) is 11.6 Å². The van der Waals surface area contributed by atoms with Crippen LogP contribution in [0, 0.1) is 0 Å². The highest BCUT2D eigenvalue weighted by Crippen LogP contribution is 2.38. The third-order valence-corrected chi connectivity index (χ3v) is 8.48. The zero-order chi connectivity index (χ0) is 29.3. The first-order chi connectivity index (χ1) is 19.6. The first kappa shape index (κ1) is 28.6. The van der Waals surface area contributed by atoms with Crippen molar-refractivity contribution >= 4 is 38.2 Å². The number of hydrogen-bond donors (Lipinski definition) is 1. The molecule has 5 rings (SSSR count). The molecule has 3 aromatic heterocycles. The number of aromatic nitrogens is 3. The molecule has 0 fully saturated rings. The van der Waals surface area contributed by atoms with Gasteiger partial charge in [0.25, 0.3) is 5.91 Å². The fourth-order valence-corrected chi connectivity index (χ4v) is 5.96. The van der Waals surface area contributed by atoms with Crippen LogP contribution in [0.4, 0.5) is 13.2 Å². The molecule has 9 nitrogen and oxygen atoms in total. The van der Waals surface area contributed by atoms with Crippen molar-refractivity contribution in [3.63, 3.8) is 0 Å². The molecule has 1 aliphatic heterocycles. The van der Waals surface area contributed by atoms with E-state index in [-0.39, 0.29) is 47.5 Å². The lowest BCUT2D eigenvalue weighted by Gasteiger charge is -2.12. The fourth-order valence-electron chi connectivity index (χ4n) is 4.23. The van der Waals surface area contributed by atoms with E-state index in [9.17, 15) is 26.4 Å². The Morgan fingerprint density at radius 2 is 2.02 bits per heavy atom. The predicted molar refractivity (Wildman–Crippen MR) is 144 cm³/mol. The van der Waals surface area contributed by atoms with E-state index >= 15 is 0 Å². The van der Waals surface area contributed by atoms with Gasteiger partial charge >= 0.3 is 0 Å². The van der Waals surface area contributed by atoms with Crippen molar-refractivity contribution in [1.29, 1.82) is 0 Å². The van der Waals surface area contributed by atoms with Gasteiger partial charge in [0, 0.05) is 23.6 Å². The average Bonchev–Trinajstić information content (AvgIpc) is 3.09. The third-order valence-electron chi connectivity index (χ3n) is 6.37. The minimum absolute atomic E-state index is 0.0505. The average molecular weight is 607 g/mol. The highest BCUT2D eigenvalue weighted by molar-refractivity contribution is 7.92. The van der Waals surface area contributed by atoms with E-state index in [0.29, 0.717) is 27.9 Å². The van der Waals surface area contributed by atoms with Gasteiger partial charge < -0.3 is 14.8 Å². The molecule has 0 aliphatic carbocycles. The molecule has 0 bridgehead atoms. The van der Waals surface area contributed by atoms with Gasteiger partial charge in [-0.05, 0) is 42.5 Å². The van der Waals surface area contributed by atoms with Crippen molar-refractivity contribution < 1.29 is 35.9 Å². The molecule has 0 unspecified atom stereocenters. The molecular weight excluding hydrogens is 585 g/mol. The number of nitrogens with one attached hydrogen (secondary N) is 1. The summed E-state index contributed by atoms with van der Waals surface area (Å²) in [5.74, 6) is -0.767. The number of carbonyl (C=O) groups excluding carboxylic acids is 1. The summed E-state index contributed by atoms with van der Waals surface area (Å²) in [5.41, 5.74) is -0.499. The topological polar surface area (TPSA) is 120 Å². The zero-order valence-corrected chi connectivity index (χ0v) is 23.0. The maximum Gasteiger partial charge on any atom is 0.251 e. The van der Waals surface area contributed by atoms with Crippen LogP contribution in [0.25, 0.3) is 22.2 Å². The number of hydrogen-bond acceptors (Lipinski definition) is 8. The third kappa shape index (κ3) is 5.64. The van der Waals surface area contributed by atoms with Crippen molar-refractivity contribution in [2.24, 2.45) is 0 Å². The van der Waals surface area contributed by atoms with Crippen molar-refractivity contribution in [3.8, 4) is 22.9 Å². The van der Waals surface area contributed by atoms with Gasteiger partial charge in [0.05, 0.1) is 53.4 Å². The molecule has 0 radical (unpaired) electrons. The number of pyridine rings is 3. The first-order valence-electron chi connectivity index (χ1n) is 12.3. The number of carbonyl (C=O) groups is 1. The number of alkyl halides is 3. The number of fused-ring (bicyclic) bond motifs is 2. The van der Waals surface area contributed by atoms with Crippen LogP contribution in [0.5, 0.6) is 11.6 Å². The lowest BCUT2D eigenvalue weighted by molar-refractivity contribution is 0.0950. The van der Waals surface area contributed by atoms with Gasteiger partial charge in [-0.3, -0.25) is 9.78 Å². The summed E-state index contributed by atoms with van der Waals surface area (Å²) in [4.78, 5) is 25.4. The molecule has 0 saturated carbocycles. The van der Waals surface area contributed by atoms with Crippen molar-refractivity contribution in [2.75, 3.05) is 20.4 Å². The number of ether oxygens (including phenoxy) is 2. The van der Waals surface area contributed by atoms with Crippen LogP contribution in [0.3, 0.4) is 0 Å². The molecule has 41 heavy (non-hydrogen) atoms. The van der Waals surface area contributed by atoms with Crippen LogP contribution in [0.2, 0.25) is 5.02 Å². The number of rotatable bonds is 7. The highest BCUT2D eigenvalue weighted by atomic mass is 35.5. The molecule has 4 aromatic rings. The fraction of sp³-hybridized carbons (Fsp3) is 0.259. The van der Waals surface area contributed by atoms with Crippen LogP contribution in [-0.4, -0.2) is 55.2 Å². The van der Waals surface area contributed by atoms with E-state index in [4.69, 9.17) is 21.1 Å². The number of amides is 1. The molecule has 14 heteroatoms. The number of nitrogens with zero attached hydrogens (tertiary/aromatic N) is 3. The summed E-state index contributed by atoms with van der Waals surface area (Å²) >= 11 is 6.18. The van der Waals surface area contributed by atoms with Crippen LogP contribution in [0.15, 0.2) is 53.6 Å². The van der Waals surface area contributed by atoms with Gasteiger partial charge in [-0.15, -0.1) is 0 Å². The Morgan fingerprint density at radius 1 is 1.22 bits per heavy atom. The summed E-state index contributed by atoms with van der Waals surface area (Å²) in [7, 11) is -3.03. The van der Waals surface area contributed by atoms with Gasteiger partial charge in [0.15, 0.2) is 11.9 Å². The minimum atomic E-state index is -4.39. The normalized spacial score (nSPS) is 16.8. The Bertz CT molecular complexity index is 1760. The summed E-state index contributed by atoms with van der Waals surface area (Å²) in [6.45, 7) is -1.43. The lowest BCUT2D eigenvalue weighted by atomic mass is 10.1. The molecule has 4 heterocycles. The van der Waals surface area contributed by atoms with E-state index in [1.165, 1.54) is 19.2 Å². The number of benzene rings is 1. The van der Waals surface area contributed by atoms with E-state index in [2.05, 4.69) is 20.3 Å². The summed E-state index contributed by atoms with van der Waals surface area (Å²) < 4.78 is 76.5. The second-order valence-electron chi connectivity index (χ2n) is 9.04. The number of methoxy groups -OCH3 is 1. The predicted octanol–water partition coefficient (Wildman–Crippen LogP) is 5.12. The van der Waals surface area contributed by atoms with Crippen molar-refractivity contribution in [1.82, 2.24) is 20.3 Å². The summed E-state index contributed by atoms with van der Waals surface area (Å²) in [6.07, 6.45) is -0.665. The number of sulfone groups is 1. The SMILES string of the molecule is COc1nc([C@@H](F)CF)ccc1-c1ccc2cnc(CNC(=O)c3cc(Cl)c4c(c3)S(=O)(=O)[C@@H](F)CCO4)cc2n1. The Morgan fingerprint density at radius 3 is 2.78 bits per heavy atom. The van der Waals surface area contributed by atoms with Crippen molar-refractivity contribution in [2.45, 2.75) is 29.5 Å². The summed E-state index contributed by atoms with van der Waals surface area (Å²) in [6, 6.07) is 10.3. The molecule has 1 aromatic carbocycles. The van der Waals surface area contributed by atoms with E-state index in [1.54, 1.807) is 30.5 Å². The molecule has 214 valence electrons. The van der Waals surface area contributed by atoms with E-state index in [0.717, 1.165) is 6.07 Å². The monoisotopic (exact) mass is 606 g/mol. The lowest BCUT2D eigenvalue weighted by Crippen LogP contribution is -2.24. The highest BCUT2D eigenvalue weighted by Gasteiger charge is 2.35. The van der Waals surface area contributed by atoms with Crippen LogP contribution in [0.1, 0.15) is 34.3 Å². The quantitative estimate of drug-likeness (QED) is 0.308. The van der Waals surface area contributed by atoms with Crippen LogP contribution in [-0.2, 0) is 16.4 Å². The molecule has 0 spiro atoms. The maximum atomic E-state index is 14.2. The van der Waals surface area contributed by atoms with E-state index in [1.807, 2.05) is 0 Å². The smallest absolute Gasteiger partial charge is 0.251 e. The largest absolute Gasteiger partial charge is 0.490 e. The van der Waals surface area contributed by atoms with Gasteiger partial charge in [0.1, 0.15) is 11.6 Å². The standard InChI is InChI=1S/C27H22ClF3N4O5S/c1-39-27-17(3-5-21(35-27)19(30)11-29)20-4-2-14-12-32-16(10-22(14)34-20)13-33-26(36)15-8-18(28)25-23(9-15)41(37,38)24(31)6-7-40-25/h2-5,8-10,12,19,24H,6-7,11,13H2,1H3,(H,33,36)/t19-,24+/m0/s1. The van der Waals surface area contributed by atoms with Crippen LogP contribution < -0.4 is 14.8 Å². The Balaban J connectivity index is 1.38. The number of halogens is 4. The van der Waals surface area contributed by atoms with E-state index < -0.39 is 39.0 Å². The molecule has 2 atom stereocenters.